The summed E-state index contributed by atoms with van der Waals surface area (Å²) in [4.78, 5) is 57.1. The second-order valence-electron chi connectivity index (χ2n) is 15.3. The molecule has 5 heterocycles. The molecule has 2 fully saturated rings. The van der Waals surface area contributed by atoms with Gasteiger partial charge >= 0.3 is 0 Å². The van der Waals surface area contributed by atoms with Gasteiger partial charge < -0.3 is 19.8 Å². The molecular weight excluding hydrogens is 699 g/mol. The van der Waals surface area contributed by atoms with E-state index in [2.05, 4.69) is 40.3 Å². The molecule has 3 aromatic heterocycles. The summed E-state index contributed by atoms with van der Waals surface area (Å²) in [6.45, 7) is 1.42. The molecule has 0 spiro atoms. The van der Waals surface area contributed by atoms with E-state index in [1.54, 1.807) is 0 Å². The van der Waals surface area contributed by atoms with Gasteiger partial charge in [-0.2, -0.15) is 0 Å². The zero-order valence-electron chi connectivity index (χ0n) is 32.5. The first-order chi connectivity index (χ1) is 27.3. The first kappa shape index (κ1) is 37.0. The lowest BCUT2D eigenvalue weighted by Crippen LogP contribution is -2.40. The summed E-state index contributed by atoms with van der Waals surface area (Å²) in [5.41, 5.74) is 7.58. The second-order valence-corrected chi connectivity index (χ2v) is 15.3. The van der Waals surface area contributed by atoms with E-state index in [4.69, 9.17) is 15.0 Å². The zero-order valence-corrected chi connectivity index (χ0v) is 32.5. The Balaban J connectivity index is 0.930. The third kappa shape index (κ3) is 7.39. The molecule has 2 saturated heterocycles. The van der Waals surface area contributed by atoms with Crippen molar-refractivity contribution in [2.45, 2.75) is 49.9 Å². The Morgan fingerprint density at radius 2 is 1.02 bits per heavy atom. The Labute approximate surface area is 328 Å². The van der Waals surface area contributed by atoms with Crippen LogP contribution >= 0.6 is 0 Å². The quantitative estimate of drug-likeness (QED) is 0.141. The van der Waals surface area contributed by atoms with Crippen molar-refractivity contribution in [3.63, 3.8) is 0 Å². The Hall–Kier alpha value is -5.91. The van der Waals surface area contributed by atoms with Gasteiger partial charge in [0.15, 0.2) is 0 Å². The molecule has 2 amide bonds. The van der Waals surface area contributed by atoms with Crippen molar-refractivity contribution in [1.29, 1.82) is 0 Å². The molecule has 0 aliphatic carbocycles. The maximum atomic E-state index is 13.9. The van der Waals surface area contributed by atoms with Gasteiger partial charge in [0.1, 0.15) is 23.7 Å². The minimum atomic E-state index is -0.351. The predicted octanol–water partition coefficient (Wildman–Crippen LogP) is 7.46. The molecule has 6 aromatic rings. The number of H-pyrrole nitrogens is 2. The number of imidazole rings is 2. The normalized spacial score (nSPS) is 18.2. The number of carbonyl (C=O) groups excluding carboxylic acids is 2. The van der Waals surface area contributed by atoms with Crippen LogP contribution in [-0.4, -0.2) is 97.6 Å². The van der Waals surface area contributed by atoms with Crippen LogP contribution in [0.4, 0.5) is 0 Å². The second kappa shape index (κ2) is 16.1. The third-order valence-electron chi connectivity index (χ3n) is 11.2. The average Bonchev–Trinajstić information content (AvgIpc) is 4.06. The maximum Gasteiger partial charge on any atom is 0.245 e. The van der Waals surface area contributed by atoms with Crippen LogP contribution in [0.25, 0.3) is 33.8 Å². The molecular formula is C45H49N9O2. The Kier molecular flexibility index (Phi) is 10.6. The molecule has 4 atom stereocenters. The molecule has 11 heteroatoms. The lowest BCUT2D eigenvalue weighted by atomic mass is 10.0. The molecule has 2 N–H and O–H groups in total. The number of rotatable bonds is 11. The topological polar surface area (TPSA) is 117 Å². The number of likely N-dealkylation sites (N-methyl/N-ethyl adjacent to an activating group) is 2. The van der Waals surface area contributed by atoms with Gasteiger partial charge in [0.2, 0.25) is 11.8 Å². The summed E-state index contributed by atoms with van der Waals surface area (Å²) in [6.07, 6.45) is 9.18. The van der Waals surface area contributed by atoms with E-state index in [-0.39, 0.29) is 36.0 Å². The van der Waals surface area contributed by atoms with Crippen LogP contribution in [0, 0.1) is 0 Å². The predicted molar refractivity (Wildman–Crippen MR) is 218 cm³/mol. The molecule has 0 bridgehead atoms. The van der Waals surface area contributed by atoms with E-state index in [0.29, 0.717) is 13.1 Å². The Bertz CT molecular complexity index is 2090. The van der Waals surface area contributed by atoms with Gasteiger partial charge in [-0.25, -0.2) is 9.97 Å². The monoisotopic (exact) mass is 747 g/mol. The molecule has 0 radical (unpaired) electrons. The van der Waals surface area contributed by atoms with Gasteiger partial charge in [-0.3, -0.25) is 24.4 Å². The van der Waals surface area contributed by atoms with Gasteiger partial charge in [0.05, 0.1) is 41.6 Å². The van der Waals surface area contributed by atoms with Crippen molar-refractivity contribution >= 4 is 11.8 Å². The van der Waals surface area contributed by atoms with Crippen molar-refractivity contribution in [3.05, 3.63) is 138 Å². The summed E-state index contributed by atoms with van der Waals surface area (Å²) in [6, 6.07) is 31.4. The fraction of sp³-hybridized carbons (Fsp3) is 0.311. The van der Waals surface area contributed by atoms with Crippen LogP contribution in [0.2, 0.25) is 0 Å². The number of pyridine rings is 1. The third-order valence-corrected chi connectivity index (χ3v) is 11.2. The number of likely N-dealkylation sites (tertiary alicyclic amines) is 2. The number of carbonyl (C=O) groups is 2. The molecule has 56 heavy (non-hydrogen) atoms. The summed E-state index contributed by atoms with van der Waals surface area (Å²) < 4.78 is 0. The number of aromatic amines is 2. The van der Waals surface area contributed by atoms with E-state index in [9.17, 15) is 9.59 Å². The van der Waals surface area contributed by atoms with E-state index in [0.717, 1.165) is 82.2 Å². The number of hydrogen-bond acceptors (Lipinski definition) is 7. The lowest BCUT2D eigenvalue weighted by molar-refractivity contribution is -0.138. The van der Waals surface area contributed by atoms with E-state index < -0.39 is 0 Å². The van der Waals surface area contributed by atoms with Crippen LogP contribution in [0.1, 0.15) is 72.6 Å². The Morgan fingerprint density at radius 1 is 0.571 bits per heavy atom. The number of hydrogen-bond donors (Lipinski definition) is 2. The van der Waals surface area contributed by atoms with Crippen molar-refractivity contribution < 1.29 is 9.59 Å². The van der Waals surface area contributed by atoms with Crippen molar-refractivity contribution in [3.8, 4) is 33.8 Å². The molecule has 2 aliphatic rings. The minimum absolute atomic E-state index is 0.0926. The molecule has 11 nitrogen and oxygen atoms in total. The summed E-state index contributed by atoms with van der Waals surface area (Å²) >= 11 is 0. The van der Waals surface area contributed by atoms with Crippen molar-refractivity contribution in [1.82, 2.24) is 44.5 Å². The van der Waals surface area contributed by atoms with Crippen LogP contribution < -0.4 is 0 Å². The minimum Gasteiger partial charge on any atom is -0.340 e. The van der Waals surface area contributed by atoms with Crippen LogP contribution in [0.5, 0.6) is 0 Å². The molecule has 1 unspecified atom stereocenters. The summed E-state index contributed by atoms with van der Waals surface area (Å²) in [5, 5.41) is 0. The first-order valence-electron chi connectivity index (χ1n) is 19.5. The summed E-state index contributed by atoms with van der Waals surface area (Å²) in [7, 11) is 7.82. The number of nitrogens with zero attached hydrogens (tertiary/aromatic N) is 7. The van der Waals surface area contributed by atoms with Crippen molar-refractivity contribution in [2.24, 2.45) is 0 Å². The molecule has 0 saturated carbocycles. The van der Waals surface area contributed by atoms with Crippen LogP contribution in [0.3, 0.4) is 0 Å². The smallest absolute Gasteiger partial charge is 0.245 e. The average molecular weight is 748 g/mol. The van der Waals surface area contributed by atoms with Gasteiger partial charge in [0, 0.05) is 30.4 Å². The number of amides is 2. The van der Waals surface area contributed by atoms with Gasteiger partial charge in [0.25, 0.3) is 0 Å². The van der Waals surface area contributed by atoms with Gasteiger partial charge in [-0.15, -0.1) is 0 Å². The molecule has 3 aromatic carbocycles. The van der Waals surface area contributed by atoms with E-state index in [1.165, 1.54) is 0 Å². The Morgan fingerprint density at radius 3 is 1.46 bits per heavy atom. The fourth-order valence-electron chi connectivity index (χ4n) is 8.39. The number of nitrogens with one attached hydrogen (secondary N) is 2. The fourth-order valence-corrected chi connectivity index (χ4v) is 8.39. The zero-order chi connectivity index (χ0) is 38.8. The first-order valence-corrected chi connectivity index (χ1v) is 19.5. The standard InChI is InChI=1S/C45H49N9O2/c1-51(2)40(32-13-7-5-8-14-32)44(55)53-25-11-17-38(53)42-47-28-36(49-42)31-21-19-30(20-22-31)35-24-23-34(27-46-35)37-29-48-43(50-37)39-18-12-26-54(39)45(56)41(52(3)4)33-15-9-6-10-16-33/h5-10,13-16,19-24,27-29,38-41H,11-12,17-18,25-26H2,1-4H3,(H,47,49)(H,48,50)/t38?,39-,40-,41+/m0/s1. The molecule has 286 valence electrons. The number of aromatic nitrogens is 5. The van der Waals surface area contributed by atoms with Crippen LogP contribution in [-0.2, 0) is 9.59 Å². The van der Waals surface area contributed by atoms with Gasteiger partial charge in [-0.05, 0) is 82.7 Å². The van der Waals surface area contributed by atoms with Gasteiger partial charge in [-0.1, -0.05) is 84.9 Å². The molecule has 2 aliphatic heterocycles. The van der Waals surface area contributed by atoms with Crippen LogP contribution in [0.15, 0.2) is 116 Å². The number of benzene rings is 3. The largest absolute Gasteiger partial charge is 0.340 e. The van der Waals surface area contributed by atoms with E-state index >= 15 is 0 Å². The highest BCUT2D eigenvalue weighted by molar-refractivity contribution is 5.84. The summed E-state index contributed by atoms with van der Waals surface area (Å²) in [5.74, 6) is 1.81. The highest BCUT2D eigenvalue weighted by Crippen LogP contribution is 2.37. The van der Waals surface area contributed by atoms with Crippen molar-refractivity contribution in [2.75, 3.05) is 41.3 Å². The lowest BCUT2D eigenvalue weighted by Gasteiger charge is -2.31. The molecule has 8 rings (SSSR count). The highest BCUT2D eigenvalue weighted by Gasteiger charge is 2.38. The SMILES string of the molecule is CN(C)[C@H](C(=O)N1CCCC1c1ncc(-c2ccc(-c3ccc(-c4cnc([C@@H]5CCCN5C(=O)[C@@H](c5ccccc5)N(C)C)[nH]4)cn3)cc2)[nH]1)c1ccccc1. The van der Waals surface area contributed by atoms with E-state index in [1.807, 2.05) is 133 Å². The maximum absolute atomic E-state index is 13.9. The highest BCUT2D eigenvalue weighted by atomic mass is 16.2.